The summed E-state index contributed by atoms with van der Waals surface area (Å²) in [6.07, 6.45) is 0.419. The molecule has 0 aromatic heterocycles. The van der Waals surface area contributed by atoms with Crippen LogP contribution in [0.25, 0.3) is 0 Å². The number of nitrogens with one attached hydrogen (secondary N) is 1. The van der Waals surface area contributed by atoms with Crippen molar-refractivity contribution >= 4 is 11.9 Å². The SMILES string of the molecule is CC(=O)NC(CCN(C)C)C(=O)O. The van der Waals surface area contributed by atoms with Crippen molar-refractivity contribution in [3.8, 4) is 0 Å². The Morgan fingerprint density at radius 3 is 2.31 bits per heavy atom. The largest absolute Gasteiger partial charge is 0.480 e. The number of aliphatic carboxylic acids is 1. The van der Waals surface area contributed by atoms with Gasteiger partial charge in [0.25, 0.3) is 0 Å². The molecule has 0 radical (unpaired) electrons. The lowest BCUT2D eigenvalue weighted by Gasteiger charge is -2.15. The summed E-state index contributed by atoms with van der Waals surface area (Å²) in [5.74, 6) is -1.30. The van der Waals surface area contributed by atoms with E-state index in [1.807, 2.05) is 19.0 Å². The van der Waals surface area contributed by atoms with Crippen LogP contribution < -0.4 is 5.32 Å². The molecule has 0 fully saturated rings. The third kappa shape index (κ3) is 6.10. The van der Waals surface area contributed by atoms with Crippen molar-refractivity contribution in [3.63, 3.8) is 0 Å². The zero-order valence-electron chi connectivity index (χ0n) is 8.20. The lowest BCUT2D eigenvalue weighted by molar-refractivity contribution is -0.141. The lowest BCUT2D eigenvalue weighted by Crippen LogP contribution is -2.41. The molecule has 1 amide bonds. The molecule has 2 N–H and O–H groups in total. The lowest BCUT2D eigenvalue weighted by atomic mass is 10.2. The van der Waals surface area contributed by atoms with Gasteiger partial charge in [-0.25, -0.2) is 4.79 Å². The second-order valence-electron chi connectivity index (χ2n) is 3.18. The predicted molar refractivity (Wildman–Crippen MR) is 48.4 cm³/mol. The van der Waals surface area contributed by atoms with Crippen molar-refractivity contribution in [2.24, 2.45) is 0 Å². The summed E-state index contributed by atoms with van der Waals surface area (Å²) in [6, 6.07) is -0.778. The highest BCUT2D eigenvalue weighted by Crippen LogP contribution is 1.93. The van der Waals surface area contributed by atoms with E-state index in [0.29, 0.717) is 13.0 Å². The molecule has 0 aliphatic carbocycles. The molecule has 0 saturated heterocycles. The van der Waals surface area contributed by atoms with Crippen LogP contribution in [0.3, 0.4) is 0 Å². The molecule has 0 bridgehead atoms. The maximum atomic E-state index is 10.6. The van der Waals surface area contributed by atoms with Gasteiger partial charge in [-0.15, -0.1) is 0 Å². The van der Waals surface area contributed by atoms with Gasteiger partial charge in [0.2, 0.25) is 5.91 Å². The zero-order valence-corrected chi connectivity index (χ0v) is 8.20. The predicted octanol–water partition coefficient (Wildman–Crippen LogP) is -0.473. The normalized spacial score (nSPS) is 12.6. The molecule has 0 spiro atoms. The minimum Gasteiger partial charge on any atom is -0.480 e. The molecule has 1 unspecified atom stereocenters. The zero-order chi connectivity index (χ0) is 10.4. The molecule has 1 atom stereocenters. The molecular formula is C8H16N2O3. The molecule has 76 valence electrons. The number of hydrogen-bond acceptors (Lipinski definition) is 3. The molecule has 0 aliphatic heterocycles. The van der Waals surface area contributed by atoms with E-state index in [9.17, 15) is 9.59 Å². The van der Waals surface area contributed by atoms with Crippen LogP contribution in [0.15, 0.2) is 0 Å². The van der Waals surface area contributed by atoms with E-state index in [1.54, 1.807) is 0 Å². The van der Waals surface area contributed by atoms with Gasteiger partial charge in [0.1, 0.15) is 6.04 Å². The third-order valence-corrected chi connectivity index (χ3v) is 1.54. The quantitative estimate of drug-likeness (QED) is 0.612. The number of nitrogens with zero attached hydrogens (tertiary/aromatic N) is 1. The van der Waals surface area contributed by atoms with Gasteiger partial charge in [-0.05, 0) is 20.5 Å². The summed E-state index contributed by atoms with van der Waals surface area (Å²) in [4.78, 5) is 23.1. The Morgan fingerprint density at radius 2 is 2.00 bits per heavy atom. The molecule has 0 heterocycles. The number of carboxylic acid groups (broad SMARTS) is 1. The Balaban J connectivity index is 3.95. The first-order chi connectivity index (χ1) is 5.93. The summed E-state index contributed by atoms with van der Waals surface area (Å²) in [5.41, 5.74) is 0. The van der Waals surface area contributed by atoms with E-state index in [1.165, 1.54) is 6.92 Å². The molecule has 0 aromatic carbocycles. The van der Waals surface area contributed by atoms with Crippen LogP contribution in [0.5, 0.6) is 0 Å². The van der Waals surface area contributed by atoms with E-state index in [0.717, 1.165) is 0 Å². The highest BCUT2D eigenvalue weighted by molar-refractivity contribution is 5.81. The topological polar surface area (TPSA) is 69.6 Å². The van der Waals surface area contributed by atoms with Gasteiger partial charge in [-0.1, -0.05) is 0 Å². The smallest absolute Gasteiger partial charge is 0.326 e. The van der Waals surface area contributed by atoms with E-state index >= 15 is 0 Å². The number of carboxylic acids is 1. The minimum atomic E-state index is -0.989. The first-order valence-electron chi connectivity index (χ1n) is 4.08. The average Bonchev–Trinajstić information content (AvgIpc) is 1.96. The summed E-state index contributed by atoms with van der Waals surface area (Å²) in [6.45, 7) is 1.95. The molecule has 0 aromatic rings. The maximum absolute atomic E-state index is 10.6. The van der Waals surface area contributed by atoms with Crippen LogP contribution >= 0.6 is 0 Å². The summed E-state index contributed by atoms with van der Waals surface area (Å²) < 4.78 is 0. The summed E-state index contributed by atoms with van der Waals surface area (Å²) in [5, 5.41) is 11.1. The Hall–Kier alpha value is -1.10. The van der Waals surface area contributed by atoms with Crippen LogP contribution in [0.1, 0.15) is 13.3 Å². The van der Waals surface area contributed by atoms with Gasteiger partial charge in [0.05, 0.1) is 0 Å². The fourth-order valence-corrected chi connectivity index (χ4v) is 0.890. The van der Waals surface area contributed by atoms with Crippen LogP contribution in [0.2, 0.25) is 0 Å². The summed E-state index contributed by atoms with van der Waals surface area (Å²) >= 11 is 0. The highest BCUT2D eigenvalue weighted by Gasteiger charge is 2.17. The van der Waals surface area contributed by atoms with Crippen LogP contribution in [0, 0.1) is 0 Å². The molecule has 5 heteroatoms. The number of hydrogen-bond donors (Lipinski definition) is 2. The first kappa shape index (κ1) is 11.9. The highest BCUT2D eigenvalue weighted by atomic mass is 16.4. The van der Waals surface area contributed by atoms with Crippen molar-refractivity contribution in [1.29, 1.82) is 0 Å². The second-order valence-corrected chi connectivity index (χ2v) is 3.18. The molecule has 13 heavy (non-hydrogen) atoms. The summed E-state index contributed by atoms with van der Waals surface area (Å²) in [7, 11) is 3.71. The monoisotopic (exact) mass is 188 g/mol. The van der Waals surface area contributed by atoms with E-state index in [2.05, 4.69) is 5.32 Å². The van der Waals surface area contributed by atoms with Crippen molar-refractivity contribution < 1.29 is 14.7 Å². The molecule has 0 aliphatic rings. The number of rotatable bonds is 5. The second kappa shape index (κ2) is 5.53. The van der Waals surface area contributed by atoms with Crippen LogP contribution in [0.4, 0.5) is 0 Å². The van der Waals surface area contributed by atoms with Crippen molar-refractivity contribution in [3.05, 3.63) is 0 Å². The van der Waals surface area contributed by atoms with Gasteiger partial charge in [0, 0.05) is 13.5 Å². The van der Waals surface area contributed by atoms with Gasteiger partial charge >= 0.3 is 5.97 Å². The third-order valence-electron chi connectivity index (χ3n) is 1.54. The number of carbonyl (C=O) groups is 2. The van der Waals surface area contributed by atoms with Gasteiger partial charge in [-0.3, -0.25) is 4.79 Å². The fraction of sp³-hybridized carbons (Fsp3) is 0.750. The van der Waals surface area contributed by atoms with Crippen LogP contribution in [-0.4, -0.2) is 48.6 Å². The van der Waals surface area contributed by atoms with E-state index in [4.69, 9.17) is 5.11 Å². The van der Waals surface area contributed by atoms with E-state index in [-0.39, 0.29) is 5.91 Å². The van der Waals surface area contributed by atoms with Gasteiger partial charge < -0.3 is 15.3 Å². The van der Waals surface area contributed by atoms with Gasteiger partial charge in [-0.2, -0.15) is 0 Å². The number of carbonyl (C=O) groups excluding carboxylic acids is 1. The van der Waals surface area contributed by atoms with Crippen LogP contribution in [-0.2, 0) is 9.59 Å². The van der Waals surface area contributed by atoms with Crippen molar-refractivity contribution in [2.45, 2.75) is 19.4 Å². The number of amides is 1. The minimum absolute atomic E-state index is 0.314. The standard InChI is InChI=1S/C8H16N2O3/c1-6(11)9-7(8(12)13)4-5-10(2)3/h7H,4-5H2,1-3H3,(H,9,11)(H,12,13). The Labute approximate surface area is 77.7 Å². The molecule has 5 nitrogen and oxygen atoms in total. The van der Waals surface area contributed by atoms with Crippen molar-refractivity contribution in [1.82, 2.24) is 10.2 Å². The Kier molecular flexibility index (Phi) is 5.06. The van der Waals surface area contributed by atoms with E-state index < -0.39 is 12.0 Å². The maximum Gasteiger partial charge on any atom is 0.326 e. The average molecular weight is 188 g/mol. The first-order valence-corrected chi connectivity index (χ1v) is 4.08. The molecule has 0 rings (SSSR count). The van der Waals surface area contributed by atoms with Crippen molar-refractivity contribution in [2.75, 3.05) is 20.6 Å². The fourth-order valence-electron chi connectivity index (χ4n) is 0.890. The molecular weight excluding hydrogens is 172 g/mol. The Morgan fingerprint density at radius 1 is 1.46 bits per heavy atom. The van der Waals surface area contributed by atoms with Gasteiger partial charge in [0.15, 0.2) is 0 Å². The molecule has 0 saturated carbocycles. The Bertz CT molecular complexity index is 192.